The number of fused-ring (bicyclic) bond motifs is 1. The lowest BCUT2D eigenvalue weighted by Crippen LogP contribution is -2.48. The lowest BCUT2D eigenvalue weighted by atomic mass is 10.0. The quantitative estimate of drug-likeness (QED) is 0.806. The number of nitrogens with zero attached hydrogens (tertiary/aromatic N) is 4. The Labute approximate surface area is 137 Å². The third-order valence-corrected chi connectivity index (χ3v) is 4.43. The van der Waals surface area contributed by atoms with Gasteiger partial charge >= 0.3 is 0 Å². The van der Waals surface area contributed by atoms with Crippen molar-refractivity contribution in [2.75, 3.05) is 31.8 Å². The third kappa shape index (κ3) is 4.17. The van der Waals surface area contributed by atoms with Gasteiger partial charge in [0, 0.05) is 26.2 Å². The fourth-order valence-corrected chi connectivity index (χ4v) is 3.48. The topological polar surface area (TPSA) is 95.5 Å². The highest BCUT2D eigenvalue weighted by atomic mass is 32.2. The molecule has 0 saturated carbocycles. The van der Waals surface area contributed by atoms with Gasteiger partial charge in [-0.05, 0) is 20.3 Å². The Bertz CT molecular complexity index is 717. The lowest BCUT2D eigenvalue weighted by Gasteiger charge is -2.32. The molecule has 2 heterocycles. The number of aromatic nitrogens is 2. The van der Waals surface area contributed by atoms with Crippen molar-refractivity contribution in [3.05, 3.63) is 17.1 Å². The highest BCUT2D eigenvalue weighted by molar-refractivity contribution is 7.88. The molecule has 0 spiro atoms. The molecular weight excluding hydrogens is 318 g/mol. The van der Waals surface area contributed by atoms with Crippen molar-refractivity contribution in [3.8, 4) is 0 Å². The maximum absolute atomic E-state index is 12.4. The van der Waals surface area contributed by atoms with E-state index < -0.39 is 16.1 Å². The molecule has 1 aliphatic heterocycles. The van der Waals surface area contributed by atoms with Crippen LogP contribution in [0, 0.1) is 6.92 Å². The molecule has 0 aliphatic carbocycles. The number of carbonyl (C=O) groups excluding carboxylic acids is 1. The number of aryl methyl sites for hydroxylation is 1. The minimum Gasteiger partial charge on any atom is -0.362 e. The molecule has 0 radical (unpaired) electrons. The second-order valence-corrected chi connectivity index (χ2v) is 7.82. The van der Waals surface area contributed by atoms with Crippen molar-refractivity contribution >= 4 is 21.7 Å². The van der Waals surface area contributed by atoms with Gasteiger partial charge in [-0.15, -0.1) is 0 Å². The van der Waals surface area contributed by atoms with Gasteiger partial charge in [0.25, 0.3) is 0 Å². The van der Waals surface area contributed by atoms with E-state index in [9.17, 15) is 13.2 Å². The number of rotatable bonds is 4. The van der Waals surface area contributed by atoms with Crippen LogP contribution in [0.1, 0.15) is 24.0 Å². The zero-order valence-corrected chi connectivity index (χ0v) is 14.9. The molecule has 9 heteroatoms. The molecule has 128 valence electrons. The van der Waals surface area contributed by atoms with Gasteiger partial charge in [-0.1, -0.05) is 0 Å². The van der Waals surface area contributed by atoms with Crippen LogP contribution in [0.4, 0.5) is 5.82 Å². The first-order valence-corrected chi connectivity index (χ1v) is 9.27. The first kappa shape index (κ1) is 17.6. The Morgan fingerprint density at radius 2 is 2.00 bits per heavy atom. The van der Waals surface area contributed by atoms with Crippen LogP contribution < -0.4 is 9.62 Å². The minimum atomic E-state index is -3.42. The van der Waals surface area contributed by atoms with Gasteiger partial charge in [0.1, 0.15) is 11.6 Å². The maximum Gasteiger partial charge on any atom is 0.240 e. The maximum atomic E-state index is 12.4. The summed E-state index contributed by atoms with van der Waals surface area (Å²) in [6.45, 7) is 4.26. The summed E-state index contributed by atoms with van der Waals surface area (Å²) in [7, 11) is 0.434. The molecule has 1 amide bonds. The van der Waals surface area contributed by atoms with Crippen LogP contribution in [-0.4, -0.2) is 62.1 Å². The average Bonchev–Trinajstić information content (AvgIpc) is 2.42. The smallest absolute Gasteiger partial charge is 0.240 e. The molecule has 1 aromatic rings. The van der Waals surface area contributed by atoms with Crippen LogP contribution in [0.2, 0.25) is 0 Å². The number of hydrogen-bond donors (Lipinski definition) is 1. The van der Waals surface area contributed by atoms with Crippen molar-refractivity contribution in [2.24, 2.45) is 0 Å². The van der Waals surface area contributed by atoms with Crippen molar-refractivity contribution < 1.29 is 13.2 Å². The van der Waals surface area contributed by atoms with Gasteiger partial charge in [-0.25, -0.2) is 23.1 Å². The van der Waals surface area contributed by atoms with E-state index in [2.05, 4.69) is 14.7 Å². The van der Waals surface area contributed by atoms with Crippen molar-refractivity contribution in [1.82, 2.24) is 19.6 Å². The number of carbonyl (C=O) groups is 1. The van der Waals surface area contributed by atoms with E-state index in [0.717, 1.165) is 23.3 Å². The predicted molar refractivity (Wildman–Crippen MR) is 87.7 cm³/mol. The molecule has 0 bridgehead atoms. The van der Waals surface area contributed by atoms with E-state index in [0.29, 0.717) is 25.3 Å². The number of amides is 1. The van der Waals surface area contributed by atoms with E-state index in [1.807, 2.05) is 25.9 Å². The number of nitrogens with one attached hydrogen (secondary N) is 1. The number of hydrogen-bond acceptors (Lipinski definition) is 6. The van der Waals surface area contributed by atoms with E-state index in [1.165, 1.54) is 0 Å². The standard InChI is InChI=1S/C14H23N5O3S/c1-9(17-23(5,21)22)14(20)19-7-6-11-12(8-19)15-10(2)16-13(11)18(3)4/h9,17H,6-8H2,1-5H3. The Balaban J connectivity index is 2.22. The molecule has 0 saturated heterocycles. The zero-order valence-electron chi connectivity index (χ0n) is 14.1. The summed E-state index contributed by atoms with van der Waals surface area (Å²) in [5.74, 6) is 1.29. The molecule has 1 N–H and O–H groups in total. The molecule has 0 fully saturated rings. The third-order valence-electron chi connectivity index (χ3n) is 3.65. The second-order valence-electron chi connectivity index (χ2n) is 6.04. The van der Waals surface area contributed by atoms with Gasteiger partial charge in [-0.3, -0.25) is 4.79 Å². The van der Waals surface area contributed by atoms with Gasteiger partial charge < -0.3 is 9.80 Å². The van der Waals surface area contributed by atoms with Gasteiger partial charge in [0.2, 0.25) is 15.9 Å². The van der Waals surface area contributed by atoms with Gasteiger partial charge in [0.15, 0.2) is 0 Å². The molecular formula is C14H23N5O3S. The minimum absolute atomic E-state index is 0.247. The Morgan fingerprint density at radius 3 is 2.57 bits per heavy atom. The van der Waals surface area contributed by atoms with Gasteiger partial charge in [0.05, 0.1) is 24.5 Å². The Hall–Kier alpha value is -1.74. The summed E-state index contributed by atoms with van der Waals surface area (Å²) < 4.78 is 24.9. The normalized spacial score (nSPS) is 16.0. The monoisotopic (exact) mass is 341 g/mol. The molecule has 8 nitrogen and oxygen atoms in total. The number of sulfonamides is 1. The van der Waals surface area contributed by atoms with Crippen LogP contribution in [0.15, 0.2) is 0 Å². The molecule has 0 aromatic carbocycles. The molecule has 1 aromatic heterocycles. The van der Waals surface area contributed by atoms with Crippen LogP contribution in [0.3, 0.4) is 0 Å². The Kier molecular flexibility index (Phi) is 4.90. The predicted octanol–water partition coefficient (Wildman–Crippen LogP) is -0.327. The van der Waals surface area contributed by atoms with E-state index in [1.54, 1.807) is 11.8 Å². The van der Waals surface area contributed by atoms with Crippen LogP contribution in [0.5, 0.6) is 0 Å². The molecule has 1 aliphatic rings. The highest BCUT2D eigenvalue weighted by Crippen LogP contribution is 2.25. The summed E-state index contributed by atoms with van der Waals surface area (Å²) in [5, 5.41) is 0. The highest BCUT2D eigenvalue weighted by Gasteiger charge is 2.29. The number of anilines is 1. The van der Waals surface area contributed by atoms with Gasteiger partial charge in [-0.2, -0.15) is 0 Å². The molecule has 23 heavy (non-hydrogen) atoms. The van der Waals surface area contributed by atoms with Crippen molar-refractivity contribution in [2.45, 2.75) is 32.9 Å². The molecule has 2 rings (SSSR count). The fraction of sp³-hybridized carbons (Fsp3) is 0.643. The van der Waals surface area contributed by atoms with E-state index in [-0.39, 0.29) is 5.91 Å². The fourth-order valence-electron chi connectivity index (χ4n) is 2.73. The molecule has 1 atom stereocenters. The first-order valence-electron chi connectivity index (χ1n) is 7.38. The first-order chi connectivity index (χ1) is 10.6. The van der Waals surface area contributed by atoms with E-state index in [4.69, 9.17) is 0 Å². The lowest BCUT2D eigenvalue weighted by molar-refractivity contribution is -0.133. The Morgan fingerprint density at radius 1 is 1.35 bits per heavy atom. The summed E-state index contributed by atoms with van der Waals surface area (Å²) in [6, 6.07) is -0.789. The summed E-state index contributed by atoms with van der Waals surface area (Å²) in [6.07, 6.45) is 1.70. The zero-order chi connectivity index (χ0) is 17.4. The second kappa shape index (κ2) is 6.40. The van der Waals surface area contributed by atoms with Crippen LogP contribution in [0.25, 0.3) is 0 Å². The SMILES string of the molecule is Cc1nc2c(c(N(C)C)n1)CCN(C(=O)C(C)NS(C)(=O)=O)C2. The average molecular weight is 341 g/mol. The van der Waals surface area contributed by atoms with E-state index >= 15 is 0 Å². The largest absolute Gasteiger partial charge is 0.362 e. The molecule has 1 unspecified atom stereocenters. The summed E-state index contributed by atoms with van der Waals surface area (Å²) in [4.78, 5) is 24.9. The summed E-state index contributed by atoms with van der Waals surface area (Å²) in [5.41, 5.74) is 1.88. The van der Waals surface area contributed by atoms with Crippen molar-refractivity contribution in [3.63, 3.8) is 0 Å². The summed E-state index contributed by atoms with van der Waals surface area (Å²) >= 11 is 0. The van der Waals surface area contributed by atoms with Crippen LogP contribution >= 0.6 is 0 Å². The van der Waals surface area contributed by atoms with Crippen LogP contribution in [-0.2, 0) is 27.8 Å². The van der Waals surface area contributed by atoms with Crippen molar-refractivity contribution in [1.29, 1.82) is 0 Å².